The van der Waals surface area contributed by atoms with Gasteiger partial charge in [0.1, 0.15) is 0 Å². The second-order valence-electron chi connectivity index (χ2n) is 5.22. The standard InChI is InChI=1S/C13H23NO/c1-10-11(2)13(15-12(10)3)6-5-8-14(4)9-7-13/h12H,5-9H2,1-4H3/t12-,13-/m0/s1. The Morgan fingerprint density at radius 2 is 2.00 bits per heavy atom. The number of hydrogen-bond acceptors (Lipinski definition) is 2. The summed E-state index contributed by atoms with van der Waals surface area (Å²) < 4.78 is 6.24. The molecule has 2 nitrogen and oxygen atoms in total. The molecule has 1 fully saturated rings. The molecule has 0 aliphatic carbocycles. The Morgan fingerprint density at radius 1 is 1.27 bits per heavy atom. The van der Waals surface area contributed by atoms with Gasteiger partial charge in [0.25, 0.3) is 0 Å². The molecule has 0 N–H and O–H groups in total. The van der Waals surface area contributed by atoms with Gasteiger partial charge in [-0.25, -0.2) is 0 Å². The van der Waals surface area contributed by atoms with E-state index >= 15 is 0 Å². The van der Waals surface area contributed by atoms with E-state index in [0.717, 1.165) is 13.0 Å². The summed E-state index contributed by atoms with van der Waals surface area (Å²) in [7, 11) is 2.21. The molecule has 0 saturated carbocycles. The minimum atomic E-state index is 0.0776. The van der Waals surface area contributed by atoms with E-state index in [-0.39, 0.29) is 5.60 Å². The molecule has 0 aromatic heterocycles. The van der Waals surface area contributed by atoms with Crippen molar-refractivity contribution in [2.45, 2.75) is 51.7 Å². The number of ether oxygens (including phenoxy) is 1. The molecule has 0 radical (unpaired) electrons. The van der Waals surface area contributed by atoms with Crippen LogP contribution in [0.15, 0.2) is 11.1 Å². The molecular formula is C13H23NO. The van der Waals surface area contributed by atoms with E-state index in [0.29, 0.717) is 6.10 Å². The van der Waals surface area contributed by atoms with Crippen LogP contribution in [0.25, 0.3) is 0 Å². The van der Waals surface area contributed by atoms with Gasteiger partial charge in [0.15, 0.2) is 0 Å². The van der Waals surface area contributed by atoms with Gasteiger partial charge in [0.2, 0.25) is 0 Å². The monoisotopic (exact) mass is 209 g/mol. The topological polar surface area (TPSA) is 12.5 Å². The molecule has 15 heavy (non-hydrogen) atoms. The van der Waals surface area contributed by atoms with Crippen molar-refractivity contribution in [3.8, 4) is 0 Å². The first kappa shape index (κ1) is 11.2. The van der Waals surface area contributed by atoms with Crippen LogP contribution in [0.4, 0.5) is 0 Å². The molecule has 2 heterocycles. The van der Waals surface area contributed by atoms with Gasteiger partial charge in [-0.15, -0.1) is 0 Å². The van der Waals surface area contributed by atoms with Crippen molar-refractivity contribution in [1.29, 1.82) is 0 Å². The highest BCUT2D eigenvalue weighted by molar-refractivity contribution is 5.29. The minimum Gasteiger partial charge on any atom is -0.363 e. The van der Waals surface area contributed by atoms with Crippen LogP contribution in [-0.2, 0) is 4.74 Å². The third kappa shape index (κ3) is 1.85. The second-order valence-corrected chi connectivity index (χ2v) is 5.22. The highest BCUT2D eigenvalue weighted by Gasteiger charge is 2.42. The summed E-state index contributed by atoms with van der Waals surface area (Å²) >= 11 is 0. The van der Waals surface area contributed by atoms with Crippen molar-refractivity contribution in [1.82, 2.24) is 4.90 Å². The molecule has 2 aliphatic heterocycles. The first-order valence-electron chi connectivity index (χ1n) is 6.09. The Morgan fingerprint density at radius 3 is 2.60 bits per heavy atom. The van der Waals surface area contributed by atoms with Crippen LogP contribution >= 0.6 is 0 Å². The summed E-state index contributed by atoms with van der Waals surface area (Å²) in [6, 6.07) is 0. The minimum absolute atomic E-state index is 0.0776. The predicted molar refractivity (Wildman–Crippen MR) is 63.0 cm³/mol. The lowest BCUT2D eigenvalue weighted by Gasteiger charge is -2.30. The molecule has 1 spiro atoms. The number of nitrogens with zero attached hydrogens (tertiary/aromatic N) is 1. The van der Waals surface area contributed by atoms with Gasteiger partial charge in [0.05, 0.1) is 11.7 Å². The Kier molecular flexibility index (Phi) is 2.91. The lowest BCUT2D eigenvalue weighted by molar-refractivity contribution is -0.0329. The normalized spacial score (nSPS) is 38.8. The zero-order valence-electron chi connectivity index (χ0n) is 10.5. The molecule has 2 aliphatic rings. The molecule has 0 amide bonds. The Bertz CT molecular complexity index is 284. The lowest BCUT2D eigenvalue weighted by Crippen LogP contribution is -2.33. The maximum atomic E-state index is 6.24. The molecule has 0 aromatic carbocycles. The van der Waals surface area contributed by atoms with Crippen LogP contribution in [0.1, 0.15) is 40.0 Å². The maximum Gasteiger partial charge on any atom is 0.0913 e. The Hall–Kier alpha value is -0.340. The molecule has 2 heteroatoms. The molecule has 0 bridgehead atoms. The average Bonchev–Trinajstić information content (AvgIpc) is 2.39. The van der Waals surface area contributed by atoms with Crippen LogP contribution in [0.3, 0.4) is 0 Å². The summed E-state index contributed by atoms with van der Waals surface area (Å²) in [5.74, 6) is 0. The highest BCUT2D eigenvalue weighted by Crippen LogP contribution is 2.42. The molecule has 2 atom stereocenters. The summed E-state index contributed by atoms with van der Waals surface area (Å²) in [6.07, 6.45) is 3.95. The zero-order chi connectivity index (χ0) is 11.1. The smallest absolute Gasteiger partial charge is 0.0913 e. The predicted octanol–water partition coefficient (Wildman–Crippen LogP) is 2.60. The van der Waals surface area contributed by atoms with Crippen LogP contribution in [0, 0.1) is 0 Å². The van der Waals surface area contributed by atoms with Crippen molar-refractivity contribution in [3.63, 3.8) is 0 Å². The quantitative estimate of drug-likeness (QED) is 0.569. The van der Waals surface area contributed by atoms with E-state index in [1.165, 1.54) is 30.5 Å². The largest absolute Gasteiger partial charge is 0.363 e. The van der Waals surface area contributed by atoms with Gasteiger partial charge >= 0.3 is 0 Å². The van der Waals surface area contributed by atoms with E-state index in [1.807, 2.05) is 0 Å². The lowest BCUT2D eigenvalue weighted by atomic mass is 9.86. The number of rotatable bonds is 0. The van der Waals surface area contributed by atoms with Crippen molar-refractivity contribution in [2.75, 3.05) is 20.1 Å². The highest BCUT2D eigenvalue weighted by atomic mass is 16.5. The van der Waals surface area contributed by atoms with Gasteiger partial charge in [-0.3, -0.25) is 0 Å². The van der Waals surface area contributed by atoms with Gasteiger partial charge in [-0.1, -0.05) is 0 Å². The van der Waals surface area contributed by atoms with Crippen molar-refractivity contribution < 1.29 is 4.74 Å². The van der Waals surface area contributed by atoms with Gasteiger partial charge < -0.3 is 9.64 Å². The van der Waals surface area contributed by atoms with E-state index < -0.39 is 0 Å². The van der Waals surface area contributed by atoms with Crippen molar-refractivity contribution >= 4 is 0 Å². The van der Waals surface area contributed by atoms with E-state index in [2.05, 4.69) is 32.7 Å². The first-order chi connectivity index (χ1) is 7.05. The molecule has 1 saturated heterocycles. The van der Waals surface area contributed by atoms with Gasteiger partial charge in [0, 0.05) is 6.54 Å². The molecule has 2 rings (SSSR count). The molecule has 86 valence electrons. The fourth-order valence-electron chi connectivity index (χ4n) is 2.92. The van der Waals surface area contributed by atoms with Gasteiger partial charge in [-0.05, 0) is 64.8 Å². The first-order valence-corrected chi connectivity index (χ1v) is 6.09. The molecule has 0 aromatic rings. The summed E-state index contributed by atoms with van der Waals surface area (Å²) in [5, 5.41) is 0. The third-order valence-electron chi connectivity index (χ3n) is 4.30. The average molecular weight is 209 g/mol. The van der Waals surface area contributed by atoms with E-state index in [4.69, 9.17) is 4.74 Å². The van der Waals surface area contributed by atoms with Crippen LogP contribution in [-0.4, -0.2) is 36.7 Å². The number of hydrogen-bond donors (Lipinski definition) is 0. The molecule has 0 unspecified atom stereocenters. The Balaban J connectivity index is 2.21. The summed E-state index contributed by atoms with van der Waals surface area (Å²) in [4.78, 5) is 2.42. The Labute approximate surface area is 93.3 Å². The fourth-order valence-corrected chi connectivity index (χ4v) is 2.92. The van der Waals surface area contributed by atoms with Crippen molar-refractivity contribution in [3.05, 3.63) is 11.1 Å². The fraction of sp³-hybridized carbons (Fsp3) is 0.846. The zero-order valence-corrected chi connectivity index (χ0v) is 10.5. The number of likely N-dealkylation sites (tertiary alicyclic amines) is 1. The third-order valence-corrected chi connectivity index (χ3v) is 4.30. The van der Waals surface area contributed by atoms with Crippen molar-refractivity contribution in [2.24, 2.45) is 0 Å². The van der Waals surface area contributed by atoms with Crippen LogP contribution in [0.2, 0.25) is 0 Å². The second kappa shape index (κ2) is 3.91. The summed E-state index contributed by atoms with van der Waals surface area (Å²) in [5.41, 5.74) is 3.04. The van der Waals surface area contributed by atoms with E-state index in [9.17, 15) is 0 Å². The maximum absolute atomic E-state index is 6.24. The summed E-state index contributed by atoms with van der Waals surface area (Å²) in [6.45, 7) is 9.05. The van der Waals surface area contributed by atoms with Crippen LogP contribution in [0.5, 0.6) is 0 Å². The molecular weight excluding hydrogens is 186 g/mol. The van der Waals surface area contributed by atoms with E-state index in [1.54, 1.807) is 0 Å². The van der Waals surface area contributed by atoms with Crippen LogP contribution < -0.4 is 0 Å². The van der Waals surface area contributed by atoms with Gasteiger partial charge in [-0.2, -0.15) is 0 Å². The SMILES string of the molecule is CC1=C(C)[C@@]2(CCCN(C)CC2)O[C@H]1C.